The van der Waals surface area contributed by atoms with E-state index in [-0.39, 0.29) is 11.7 Å². The molecule has 1 aliphatic rings. The third-order valence-corrected chi connectivity index (χ3v) is 4.99. The molecule has 1 amide bonds. The van der Waals surface area contributed by atoms with E-state index in [0.717, 1.165) is 12.0 Å². The molecule has 0 fully saturated rings. The van der Waals surface area contributed by atoms with Gasteiger partial charge in [0.05, 0.1) is 0 Å². The van der Waals surface area contributed by atoms with Gasteiger partial charge in [0, 0.05) is 23.5 Å². The highest BCUT2D eigenvalue weighted by Crippen LogP contribution is 2.24. The SMILES string of the molecule is C[C@H](OC(=O)c1cc2cc(Cl)ccc2o1)C(=O)N1CCc2ccccc2C1. The first-order chi connectivity index (χ1) is 13.0. The average molecular weight is 384 g/mol. The summed E-state index contributed by atoms with van der Waals surface area (Å²) in [6.45, 7) is 2.72. The maximum absolute atomic E-state index is 12.7. The van der Waals surface area contributed by atoms with Crippen LogP contribution in [0.4, 0.5) is 0 Å². The Balaban J connectivity index is 1.44. The summed E-state index contributed by atoms with van der Waals surface area (Å²) in [6, 6.07) is 14.7. The van der Waals surface area contributed by atoms with Gasteiger partial charge in [-0.2, -0.15) is 0 Å². The van der Waals surface area contributed by atoms with Crippen molar-refractivity contribution < 1.29 is 18.7 Å². The number of nitrogens with zero attached hydrogens (tertiary/aromatic N) is 1. The van der Waals surface area contributed by atoms with Gasteiger partial charge >= 0.3 is 5.97 Å². The Kier molecular flexibility index (Phi) is 4.62. The number of rotatable bonds is 3. The Morgan fingerprint density at radius 2 is 1.93 bits per heavy atom. The third kappa shape index (κ3) is 3.55. The van der Waals surface area contributed by atoms with Crippen LogP contribution >= 0.6 is 11.6 Å². The Bertz CT molecular complexity index is 1030. The summed E-state index contributed by atoms with van der Waals surface area (Å²) in [5.74, 6) is -0.825. The van der Waals surface area contributed by atoms with E-state index < -0.39 is 12.1 Å². The summed E-state index contributed by atoms with van der Waals surface area (Å²) >= 11 is 5.95. The number of fused-ring (bicyclic) bond motifs is 2. The molecule has 5 nitrogen and oxygen atoms in total. The van der Waals surface area contributed by atoms with Crippen LogP contribution < -0.4 is 0 Å². The van der Waals surface area contributed by atoms with Crippen molar-refractivity contribution in [3.05, 3.63) is 70.4 Å². The van der Waals surface area contributed by atoms with E-state index in [1.807, 2.05) is 18.2 Å². The van der Waals surface area contributed by atoms with E-state index in [1.54, 1.807) is 36.1 Å². The number of hydrogen-bond donors (Lipinski definition) is 0. The molecule has 1 atom stereocenters. The topological polar surface area (TPSA) is 59.8 Å². The lowest BCUT2D eigenvalue weighted by Gasteiger charge is -2.30. The molecule has 0 N–H and O–H groups in total. The van der Waals surface area contributed by atoms with Gasteiger partial charge in [0.25, 0.3) is 5.91 Å². The lowest BCUT2D eigenvalue weighted by atomic mass is 9.99. The minimum absolute atomic E-state index is 0.0518. The van der Waals surface area contributed by atoms with Crippen LogP contribution in [0.3, 0.4) is 0 Å². The lowest BCUT2D eigenvalue weighted by molar-refractivity contribution is -0.140. The molecule has 2 aromatic carbocycles. The summed E-state index contributed by atoms with van der Waals surface area (Å²) in [4.78, 5) is 26.8. The number of carbonyl (C=O) groups excluding carboxylic acids is 2. The highest BCUT2D eigenvalue weighted by Gasteiger charge is 2.28. The number of amides is 1. The molecule has 2 heterocycles. The highest BCUT2D eigenvalue weighted by atomic mass is 35.5. The maximum atomic E-state index is 12.7. The third-order valence-electron chi connectivity index (χ3n) is 4.75. The molecule has 138 valence electrons. The first kappa shape index (κ1) is 17.6. The van der Waals surface area contributed by atoms with Gasteiger partial charge in [-0.15, -0.1) is 0 Å². The molecular formula is C21H18ClNO4. The van der Waals surface area contributed by atoms with Crippen LogP contribution in [0.5, 0.6) is 0 Å². The average Bonchev–Trinajstić information content (AvgIpc) is 3.10. The molecule has 0 radical (unpaired) electrons. The summed E-state index contributed by atoms with van der Waals surface area (Å²) in [5, 5.41) is 1.26. The monoisotopic (exact) mass is 383 g/mol. The van der Waals surface area contributed by atoms with Crippen molar-refractivity contribution in [2.45, 2.75) is 26.0 Å². The first-order valence-electron chi connectivity index (χ1n) is 8.77. The number of carbonyl (C=O) groups is 2. The molecule has 27 heavy (non-hydrogen) atoms. The number of benzene rings is 2. The van der Waals surface area contributed by atoms with Gasteiger partial charge in [0.1, 0.15) is 5.58 Å². The molecule has 0 unspecified atom stereocenters. The molecule has 1 aromatic heterocycles. The predicted molar refractivity (Wildman–Crippen MR) is 102 cm³/mol. The molecule has 0 spiro atoms. The molecule has 1 aliphatic heterocycles. The Morgan fingerprint density at radius 1 is 1.15 bits per heavy atom. The van der Waals surface area contributed by atoms with Crippen LogP contribution in [0, 0.1) is 0 Å². The molecular weight excluding hydrogens is 366 g/mol. The minimum atomic E-state index is -0.889. The zero-order valence-corrected chi connectivity index (χ0v) is 15.5. The molecule has 0 saturated heterocycles. The highest BCUT2D eigenvalue weighted by molar-refractivity contribution is 6.31. The van der Waals surface area contributed by atoms with Crippen molar-refractivity contribution in [1.29, 1.82) is 0 Å². The molecule has 0 bridgehead atoms. The summed E-state index contributed by atoms with van der Waals surface area (Å²) in [5.41, 5.74) is 2.93. The normalized spacial score (nSPS) is 14.7. The van der Waals surface area contributed by atoms with E-state index in [9.17, 15) is 9.59 Å². The number of ether oxygens (including phenoxy) is 1. The van der Waals surface area contributed by atoms with Crippen molar-refractivity contribution in [2.75, 3.05) is 6.54 Å². The van der Waals surface area contributed by atoms with Crippen LogP contribution in [0.1, 0.15) is 28.6 Å². The van der Waals surface area contributed by atoms with Crippen LogP contribution in [0.2, 0.25) is 5.02 Å². The van der Waals surface area contributed by atoms with Crippen LogP contribution in [0.15, 0.2) is 52.9 Å². The second-order valence-corrected chi connectivity index (χ2v) is 7.06. The van der Waals surface area contributed by atoms with Gasteiger partial charge in [-0.1, -0.05) is 35.9 Å². The van der Waals surface area contributed by atoms with Gasteiger partial charge in [0.15, 0.2) is 6.10 Å². The van der Waals surface area contributed by atoms with Gasteiger partial charge in [-0.3, -0.25) is 4.79 Å². The smallest absolute Gasteiger partial charge is 0.375 e. The van der Waals surface area contributed by atoms with E-state index in [0.29, 0.717) is 29.1 Å². The summed E-state index contributed by atoms with van der Waals surface area (Å²) in [7, 11) is 0. The fraction of sp³-hybridized carbons (Fsp3) is 0.238. The number of halogens is 1. The van der Waals surface area contributed by atoms with Gasteiger partial charge in [-0.05, 0) is 48.7 Å². The standard InChI is InChI=1S/C21H18ClNO4/c1-13(20(24)23-9-8-14-4-2-3-5-15(14)12-23)26-21(25)19-11-16-10-17(22)6-7-18(16)27-19/h2-7,10-11,13H,8-9,12H2,1H3/t13-/m0/s1. The fourth-order valence-electron chi connectivity index (χ4n) is 3.32. The molecule has 0 aliphatic carbocycles. The van der Waals surface area contributed by atoms with Crippen molar-refractivity contribution >= 4 is 34.4 Å². The largest absolute Gasteiger partial charge is 0.449 e. The van der Waals surface area contributed by atoms with Crippen LogP contribution in [-0.4, -0.2) is 29.4 Å². The van der Waals surface area contributed by atoms with Crippen molar-refractivity contribution in [3.63, 3.8) is 0 Å². The van der Waals surface area contributed by atoms with Crippen LogP contribution in [-0.2, 0) is 22.5 Å². The fourth-order valence-corrected chi connectivity index (χ4v) is 3.51. The Labute approximate surface area is 161 Å². The summed E-state index contributed by atoms with van der Waals surface area (Å²) in [6.07, 6.45) is -0.0908. The molecule has 6 heteroatoms. The maximum Gasteiger partial charge on any atom is 0.375 e. The van der Waals surface area contributed by atoms with Crippen LogP contribution in [0.25, 0.3) is 11.0 Å². The van der Waals surface area contributed by atoms with Crippen molar-refractivity contribution in [2.24, 2.45) is 0 Å². The van der Waals surface area contributed by atoms with Gasteiger partial charge in [0.2, 0.25) is 5.76 Å². The van der Waals surface area contributed by atoms with E-state index in [4.69, 9.17) is 20.8 Å². The molecule has 4 rings (SSSR count). The second kappa shape index (κ2) is 7.08. The first-order valence-corrected chi connectivity index (χ1v) is 9.15. The van der Waals surface area contributed by atoms with Crippen molar-refractivity contribution in [1.82, 2.24) is 4.90 Å². The Hall–Kier alpha value is -2.79. The van der Waals surface area contributed by atoms with Crippen molar-refractivity contribution in [3.8, 4) is 0 Å². The lowest BCUT2D eigenvalue weighted by Crippen LogP contribution is -2.42. The Morgan fingerprint density at radius 3 is 2.74 bits per heavy atom. The second-order valence-electron chi connectivity index (χ2n) is 6.62. The molecule has 3 aromatic rings. The molecule has 0 saturated carbocycles. The zero-order chi connectivity index (χ0) is 19.0. The summed E-state index contributed by atoms with van der Waals surface area (Å²) < 4.78 is 10.8. The van der Waals surface area contributed by atoms with E-state index in [1.165, 1.54) is 5.56 Å². The van der Waals surface area contributed by atoms with E-state index >= 15 is 0 Å². The van der Waals surface area contributed by atoms with Gasteiger partial charge in [-0.25, -0.2) is 4.79 Å². The number of esters is 1. The number of furan rings is 1. The predicted octanol–water partition coefficient (Wildman–Crippen LogP) is 4.22. The zero-order valence-electron chi connectivity index (χ0n) is 14.8. The van der Waals surface area contributed by atoms with Gasteiger partial charge < -0.3 is 14.1 Å². The minimum Gasteiger partial charge on any atom is -0.449 e. The number of hydrogen-bond acceptors (Lipinski definition) is 4. The quantitative estimate of drug-likeness (QED) is 0.635. The van der Waals surface area contributed by atoms with E-state index in [2.05, 4.69) is 6.07 Å².